The van der Waals surface area contributed by atoms with Crippen molar-refractivity contribution < 1.29 is 34.7 Å². The van der Waals surface area contributed by atoms with E-state index in [0.717, 1.165) is 4.52 Å². The molecule has 0 saturated carbocycles. The van der Waals surface area contributed by atoms with Gasteiger partial charge in [0.2, 0.25) is 6.29 Å². The second kappa shape index (κ2) is 7.09. The summed E-state index contributed by atoms with van der Waals surface area (Å²) >= 11 is 0. The SMILES string of the molecule is CCc1nc2ncnn2c(N)c1C(=O)O[C@@H]1O[C@H](CO)[C@@H](O)[C@H](O)[C@H]1O. The van der Waals surface area contributed by atoms with E-state index in [9.17, 15) is 25.2 Å². The fourth-order valence-electron chi connectivity index (χ4n) is 2.72. The van der Waals surface area contributed by atoms with Gasteiger partial charge in [-0.1, -0.05) is 6.92 Å². The number of nitrogens with two attached hydrogens (primary N) is 1. The van der Waals surface area contributed by atoms with Crippen LogP contribution in [0, 0.1) is 0 Å². The van der Waals surface area contributed by atoms with Crippen molar-refractivity contribution in [2.24, 2.45) is 0 Å². The molecule has 1 saturated heterocycles. The van der Waals surface area contributed by atoms with Crippen molar-refractivity contribution in [1.82, 2.24) is 19.6 Å². The van der Waals surface area contributed by atoms with Crippen LogP contribution in [-0.4, -0.2) is 83.3 Å². The number of nitrogens with zero attached hydrogens (tertiary/aromatic N) is 4. The van der Waals surface area contributed by atoms with E-state index in [2.05, 4.69) is 15.1 Å². The second-order valence-electron chi connectivity index (χ2n) is 5.75. The number of hydrogen-bond acceptors (Lipinski definition) is 11. The first-order chi connectivity index (χ1) is 12.4. The summed E-state index contributed by atoms with van der Waals surface area (Å²) in [5.41, 5.74) is 6.19. The Bertz CT molecular complexity index is 810. The third-order valence-corrected chi connectivity index (χ3v) is 4.15. The van der Waals surface area contributed by atoms with Crippen molar-refractivity contribution in [1.29, 1.82) is 0 Å². The minimum atomic E-state index is -1.72. The van der Waals surface area contributed by atoms with Gasteiger partial charge in [-0.05, 0) is 6.42 Å². The van der Waals surface area contributed by atoms with Gasteiger partial charge < -0.3 is 35.6 Å². The van der Waals surface area contributed by atoms with E-state index in [-0.39, 0.29) is 17.2 Å². The van der Waals surface area contributed by atoms with Crippen LogP contribution in [0.25, 0.3) is 5.78 Å². The highest BCUT2D eigenvalue weighted by Crippen LogP contribution is 2.25. The van der Waals surface area contributed by atoms with E-state index in [1.165, 1.54) is 6.33 Å². The van der Waals surface area contributed by atoms with Gasteiger partial charge in [0.25, 0.3) is 5.78 Å². The standard InChI is InChI=1S/C14H19N5O7/c1-2-5-7(11(15)19-14(18-5)16-4-17-19)12(24)26-13-10(23)9(22)8(21)6(3-20)25-13/h4,6,8-10,13,20-23H,2-3,15H2,1H3/t6-,8-,9+,10-,13+/m1/s1. The van der Waals surface area contributed by atoms with Gasteiger partial charge in [0.15, 0.2) is 0 Å². The highest BCUT2D eigenvalue weighted by molar-refractivity contribution is 5.95. The number of ether oxygens (including phenoxy) is 2. The third kappa shape index (κ3) is 2.97. The number of nitrogen functional groups attached to an aromatic ring is 1. The topological polar surface area (TPSA) is 186 Å². The summed E-state index contributed by atoms with van der Waals surface area (Å²) in [6, 6.07) is 0. The number of rotatable bonds is 4. The van der Waals surface area contributed by atoms with Crippen LogP contribution in [0.15, 0.2) is 6.33 Å². The molecule has 3 heterocycles. The molecule has 1 aliphatic heterocycles. The Morgan fingerprint density at radius 2 is 2.08 bits per heavy atom. The number of carbonyl (C=O) groups is 1. The second-order valence-corrected chi connectivity index (χ2v) is 5.75. The maximum atomic E-state index is 12.6. The summed E-state index contributed by atoms with van der Waals surface area (Å²) in [5, 5.41) is 42.6. The van der Waals surface area contributed by atoms with Crippen LogP contribution >= 0.6 is 0 Å². The summed E-state index contributed by atoms with van der Waals surface area (Å²) < 4.78 is 11.4. The molecular formula is C14H19N5O7. The Labute approximate surface area is 146 Å². The van der Waals surface area contributed by atoms with Gasteiger partial charge >= 0.3 is 5.97 Å². The molecule has 1 aliphatic rings. The summed E-state index contributed by atoms with van der Waals surface area (Å²) in [4.78, 5) is 20.7. The minimum Gasteiger partial charge on any atom is -0.429 e. The van der Waals surface area contributed by atoms with Crippen LogP contribution < -0.4 is 5.73 Å². The number of aromatic nitrogens is 4. The predicted molar refractivity (Wildman–Crippen MR) is 83.8 cm³/mol. The lowest BCUT2D eigenvalue weighted by molar-refractivity contribution is -0.285. The van der Waals surface area contributed by atoms with Gasteiger partial charge in [-0.3, -0.25) is 0 Å². The smallest absolute Gasteiger partial charge is 0.346 e. The first-order valence-electron chi connectivity index (χ1n) is 7.88. The van der Waals surface area contributed by atoms with Crippen molar-refractivity contribution in [2.75, 3.05) is 12.3 Å². The number of aliphatic hydroxyl groups is 4. The van der Waals surface area contributed by atoms with Gasteiger partial charge in [-0.2, -0.15) is 14.6 Å². The number of aliphatic hydroxyl groups excluding tert-OH is 4. The van der Waals surface area contributed by atoms with Crippen molar-refractivity contribution in [3.63, 3.8) is 0 Å². The summed E-state index contributed by atoms with van der Waals surface area (Å²) in [5.74, 6) is -0.809. The number of aryl methyl sites for hydroxylation is 1. The number of hydrogen-bond donors (Lipinski definition) is 5. The Balaban J connectivity index is 1.90. The lowest BCUT2D eigenvalue weighted by Gasteiger charge is -2.39. The highest BCUT2D eigenvalue weighted by atomic mass is 16.7. The van der Waals surface area contributed by atoms with E-state index in [1.54, 1.807) is 6.92 Å². The largest absolute Gasteiger partial charge is 0.429 e. The zero-order chi connectivity index (χ0) is 19.0. The molecule has 5 atom stereocenters. The van der Waals surface area contributed by atoms with Crippen LogP contribution in [0.4, 0.5) is 5.82 Å². The molecular weight excluding hydrogens is 350 g/mol. The third-order valence-electron chi connectivity index (χ3n) is 4.15. The lowest BCUT2D eigenvalue weighted by Crippen LogP contribution is -2.59. The Kier molecular flexibility index (Phi) is 5.02. The lowest BCUT2D eigenvalue weighted by atomic mass is 9.99. The van der Waals surface area contributed by atoms with Crippen LogP contribution in [-0.2, 0) is 15.9 Å². The van der Waals surface area contributed by atoms with Crippen molar-refractivity contribution in [2.45, 2.75) is 44.1 Å². The van der Waals surface area contributed by atoms with E-state index in [4.69, 9.17) is 15.2 Å². The molecule has 1 fully saturated rings. The zero-order valence-electron chi connectivity index (χ0n) is 13.8. The molecule has 12 nitrogen and oxygen atoms in total. The minimum absolute atomic E-state index is 0.0565. The predicted octanol–water partition coefficient (Wildman–Crippen LogP) is -2.77. The molecule has 0 amide bonds. The first kappa shape index (κ1) is 18.4. The van der Waals surface area contributed by atoms with Gasteiger partial charge in [0, 0.05) is 0 Å². The molecule has 0 aromatic carbocycles. The Hall–Kier alpha value is -2.38. The van der Waals surface area contributed by atoms with Gasteiger partial charge in [0.1, 0.15) is 42.1 Å². The molecule has 0 unspecified atom stereocenters. The zero-order valence-corrected chi connectivity index (χ0v) is 13.8. The van der Waals surface area contributed by atoms with E-state index < -0.39 is 43.3 Å². The summed E-state index contributed by atoms with van der Waals surface area (Å²) in [6.45, 7) is 1.10. The molecule has 2 aromatic heterocycles. The quantitative estimate of drug-likeness (QED) is 0.351. The van der Waals surface area contributed by atoms with Crippen molar-refractivity contribution >= 4 is 17.6 Å². The molecule has 2 aromatic rings. The number of fused-ring (bicyclic) bond motifs is 1. The van der Waals surface area contributed by atoms with Crippen LogP contribution in [0.5, 0.6) is 0 Å². The Morgan fingerprint density at radius 3 is 2.73 bits per heavy atom. The highest BCUT2D eigenvalue weighted by Gasteiger charge is 2.45. The normalized spacial score (nSPS) is 29.0. The van der Waals surface area contributed by atoms with Crippen LogP contribution in [0.2, 0.25) is 0 Å². The Morgan fingerprint density at radius 1 is 1.35 bits per heavy atom. The molecule has 0 radical (unpaired) electrons. The fourth-order valence-corrected chi connectivity index (χ4v) is 2.72. The van der Waals surface area contributed by atoms with Crippen LogP contribution in [0.3, 0.4) is 0 Å². The molecule has 6 N–H and O–H groups in total. The molecule has 26 heavy (non-hydrogen) atoms. The maximum Gasteiger partial charge on any atom is 0.346 e. The van der Waals surface area contributed by atoms with Crippen molar-refractivity contribution in [3.05, 3.63) is 17.6 Å². The molecule has 3 rings (SSSR count). The van der Waals surface area contributed by atoms with Gasteiger partial charge in [0.05, 0.1) is 12.3 Å². The van der Waals surface area contributed by atoms with E-state index >= 15 is 0 Å². The van der Waals surface area contributed by atoms with Crippen molar-refractivity contribution in [3.8, 4) is 0 Å². The van der Waals surface area contributed by atoms with Gasteiger partial charge in [-0.25, -0.2) is 9.78 Å². The average molecular weight is 369 g/mol. The van der Waals surface area contributed by atoms with E-state index in [0.29, 0.717) is 12.1 Å². The molecule has 12 heteroatoms. The molecule has 0 spiro atoms. The summed E-state index contributed by atoms with van der Waals surface area (Å²) in [6.07, 6.45) is -6.20. The average Bonchev–Trinajstić information content (AvgIpc) is 3.10. The first-order valence-corrected chi connectivity index (χ1v) is 7.88. The number of anilines is 1. The van der Waals surface area contributed by atoms with Gasteiger partial charge in [-0.15, -0.1) is 0 Å². The molecule has 0 aliphatic carbocycles. The van der Waals surface area contributed by atoms with Crippen LogP contribution in [0.1, 0.15) is 23.0 Å². The number of esters is 1. The number of carbonyl (C=O) groups excluding carboxylic acids is 1. The molecule has 142 valence electrons. The summed E-state index contributed by atoms with van der Waals surface area (Å²) in [7, 11) is 0. The maximum absolute atomic E-state index is 12.6. The monoisotopic (exact) mass is 369 g/mol. The molecule has 0 bridgehead atoms. The van der Waals surface area contributed by atoms with E-state index in [1.807, 2.05) is 0 Å². The fraction of sp³-hybridized carbons (Fsp3) is 0.571.